The number of carbonyl (C=O) groups is 2. The van der Waals surface area contributed by atoms with Crippen molar-refractivity contribution in [1.29, 1.82) is 0 Å². The molecule has 0 aliphatic heterocycles. The van der Waals surface area contributed by atoms with Gasteiger partial charge >= 0.3 is 11.9 Å². The lowest BCUT2D eigenvalue weighted by molar-refractivity contribution is 0.0683. The molecule has 1 aromatic carbocycles. The smallest absolute Gasteiger partial charge is 0.358 e. The molecule has 0 aliphatic carbocycles. The van der Waals surface area contributed by atoms with E-state index in [1.54, 1.807) is 12.1 Å². The molecule has 0 spiro atoms. The van der Waals surface area contributed by atoms with Gasteiger partial charge in [-0.15, -0.1) is 5.10 Å². The number of furan rings is 1. The fraction of sp³-hybridized carbons (Fsp3) is 0. The maximum Gasteiger partial charge on any atom is 0.358 e. The first-order chi connectivity index (χ1) is 10.6. The van der Waals surface area contributed by atoms with Crippen LogP contribution in [0.2, 0.25) is 0 Å². The quantitative estimate of drug-likeness (QED) is 0.755. The number of aromatic nitrogens is 3. The minimum atomic E-state index is -1.24. The number of hydrogen-bond acceptors (Lipinski definition) is 5. The number of aromatic carboxylic acids is 2. The molecule has 0 bridgehead atoms. The summed E-state index contributed by atoms with van der Waals surface area (Å²) < 4.78 is 6.52. The molecule has 2 N–H and O–H groups in total. The highest BCUT2D eigenvalue weighted by Crippen LogP contribution is 2.25. The SMILES string of the molecule is O=C(O)c1ccc(-n2nnc(C(=O)O)c2-c2ccco2)cc1. The fourth-order valence-corrected chi connectivity index (χ4v) is 1.99. The van der Waals surface area contributed by atoms with E-state index in [1.807, 2.05) is 0 Å². The molecule has 8 nitrogen and oxygen atoms in total. The average Bonchev–Trinajstić information content (AvgIpc) is 3.16. The van der Waals surface area contributed by atoms with E-state index in [0.717, 1.165) is 0 Å². The zero-order chi connectivity index (χ0) is 15.7. The van der Waals surface area contributed by atoms with Crippen molar-refractivity contribution in [3.05, 3.63) is 53.9 Å². The van der Waals surface area contributed by atoms with Crippen molar-refractivity contribution >= 4 is 11.9 Å². The first-order valence-electron chi connectivity index (χ1n) is 6.14. The largest absolute Gasteiger partial charge is 0.478 e. The van der Waals surface area contributed by atoms with Crippen molar-refractivity contribution in [2.45, 2.75) is 0 Å². The third-order valence-corrected chi connectivity index (χ3v) is 2.99. The molecule has 3 aromatic rings. The van der Waals surface area contributed by atoms with Crippen LogP contribution in [0.4, 0.5) is 0 Å². The van der Waals surface area contributed by atoms with E-state index in [0.29, 0.717) is 11.4 Å². The van der Waals surface area contributed by atoms with Crippen molar-refractivity contribution in [2.24, 2.45) is 0 Å². The lowest BCUT2D eigenvalue weighted by Gasteiger charge is -2.05. The average molecular weight is 299 g/mol. The molecular formula is C14H9N3O5. The normalized spacial score (nSPS) is 10.5. The highest BCUT2D eigenvalue weighted by atomic mass is 16.4. The van der Waals surface area contributed by atoms with E-state index in [2.05, 4.69) is 10.3 Å². The van der Waals surface area contributed by atoms with Crippen LogP contribution in [0.1, 0.15) is 20.8 Å². The molecule has 0 saturated carbocycles. The molecular weight excluding hydrogens is 290 g/mol. The van der Waals surface area contributed by atoms with Crippen LogP contribution in [-0.2, 0) is 0 Å². The standard InChI is InChI=1S/C14H9N3O5/c18-13(19)8-3-5-9(6-4-8)17-12(10-2-1-7-22-10)11(14(20)21)15-16-17/h1-7H,(H,18,19)(H,20,21). The second kappa shape index (κ2) is 5.17. The summed E-state index contributed by atoms with van der Waals surface area (Å²) in [6, 6.07) is 9.02. The van der Waals surface area contributed by atoms with E-state index in [-0.39, 0.29) is 17.0 Å². The predicted molar refractivity (Wildman–Crippen MR) is 73.0 cm³/mol. The van der Waals surface area contributed by atoms with Crippen molar-refractivity contribution in [2.75, 3.05) is 0 Å². The molecule has 0 fully saturated rings. The third kappa shape index (κ3) is 2.22. The van der Waals surface area contributed by atoms with E-state index in [4.69, 9.17) is 9.52 Å². The number of benzene rings is 1. The van der Waals surface area contributed by atoms with Crippen LogP contribution in [0.25, 0.3) is 17.1 Å². The van der Waals surface area contributed by atoms with Gasteiger partial charge in [-0.25, -0.2) is 14.3 Å². The first kappa shape index (κ1) is 13.6. The molecule has 0 atom stereocenters. The van der Waals surface area contributed by atoms with Gasteiger partial charge in [0.1, 0.15) is 5.69 Å². The summed E-state index contributed by atoms with van der Waals surface area (Å²) in [6.07, 6.45) is 1.41. The zero-order valence-corrected chi connectivity index (χ0v) is 11.0. The lowest BCUT2D eigenvalue weighted by Crippen LogP contribution is -2.03. The van der Waals surface area contributed by atoms with Crippen molar-refractivity contribution in [3.63, 3.8) is 0 Å². The fourth-order valence-electron chi connectivity index (χ4n) is 1.99. The Morgan fingerprint density at radius 3 is 2.32 bits per heavy atom. The van der Waals surface area contributed by atoms with Gasteiger partial charge in [-0.2, -0.15) is 0 Å². The monoisotopic (exact) mass is 299 g/mol. The van der Waals surface area contributed by atoms with Crippen molar-refractivity contribution in [3.8, 4) is 17.1 Å². The Morgan fingerprint density at radius 1 is 1.05 bits per heavy atom. The molecule has 2 heterocycles. The van der Waals surface area contributed by atoms with Crippen LogP contribution in [0, 0.1) is 0 Å². The number of rotatable bonds is 4. The van der Waals surface area contributed by atoms with Gasteiger partial charge in [0.25, 0.3) is 0 Å². The van der Waals surface area contributed by atoms with Gasteiger partial charge in [0.05, 0.1) is 17.5 Å². The Labute approximate surface area is 123 Å². The summed E-state index contributed by atoms with van der Waals surface area (Å²) in [5.74, 6) is -1.99. The number of carboxylic acid groups (broad SMARTS) is 2. The highest BCUT2D eigenvalue weighted by Gasteiger charge is 2.23. The van der Waals surface area contributed by atoms with Gasteiger partial charge in [-0.05, 0) is 36.4 Å². The Bertz CT molecular complexity index is 834. The second-order valence-electron chi connectivity index (χ2n) is 4.33. The zero-order valence-electron chi connectivity index (χ0n) is 11.0. The van der Waals surface area contributed by atoms with E-state index >= 15 is 0 Å². The molecule has 0 saturated heterocycles. The van der Waals surface area contributed by atoms with Gasteiger partial charge in [-0.1, -0.05) is 5.21 Å². The maximum atomic E-state index is 11.3. The Balaban J connectivity index is 2.15. The summed E-state index contributed by atoms with van der Waals surface area (Å²) in [5.41, 5.74) is 0.510. The van der Waals surface area contributed by atoms with Crippen molar-refractivity contribution < 1.29 is 24.2 Å². The molecule has 3 rings (SSSR count). The van der Waals surface area contributed by atoms with E-state index in [9.17, 15) is 14.7 Å². The maximum absolute atomic E-state index is 11.3. The number of nitrogens with zero attached hydrogens (tertiary/aromatic N) is 3. The predicted octanol–water partition coefficient (Wildman–Crippen LogP) is 1.92. The van der Waals surface area contributed by atoms with Crippen LogP contribution >= 0.6 is 0 Å². The van der Waals surface area contributed by atoms with Crippen LogP contribution in [0.3, 0.4) is 0 Å². The van der Waals surface area contributed by atoms with Crippen LogP contribution in [-0.4, -0.2) is 37.1 Å². The Hall–Kier alpha value is -3.42. The van der Waals surface area contributed by atoms with Gasteiger partial charge in [0.15, 0.2) is 5.76 Å². The van der Waals surface area contributed by atoms with Crippen LogP contribution in [0.5, 0.6) is 0 Å². The summed E-state index contributed by atoms with van der Waals surface area (Å²) in [5, 5.41) is 25.6. The minimum Gasteiger partial charge on any atom is -0.478 e. The molecule has 110 valence electrons. The van der Waals surface area contributed by atoms with Crippen LogP contribution in [0.15, 0.2) is 47.1 Å². The first-order valence-corrected chi connectivity index (χ1v) is 6.14. The summed E-state index contributed by atoms with van der Waals surface area (Å²) in [4.78, 5) is 22.1. The van der Waals surface area contributed by atoms with Gasteiger partial charge in [0, 0.05) is 0 Å². The molecule has 0 radical (unpaired) electrons. The third-order valence-electron chi connectivity index (χ3n) is 2.99. The lowest BCUT2D eigenvalue weighted by atomic mass is 10.2. The molecule has 0 amide bonds. The van der Waals surface area contributed by atoms with E-state index < -0.39 is 11.9 Å². The summed E-state index contributed by atoms with van der Waals surface area (Å²) in [7, 11) is 0. The Morgan fingerprint density at radius 2 is 1.77 bits per heavy atom. The summed E-state index contributed by atoms with van der Waals surface area (Å²) >= 11 is 0. The Kier molecular flexibility index (Phi) is 3.18. The number of carboxylic acids is 2. The topological polar surface area (TPSA) is 118 Å². The van der Waals surface area contributed by atoms with Crippen LogP contribution < -0.4 is 0 Å². The molecule has 2 aromatic heterocycles. The molecule has 0 unspecified atom stereocenters. The van der Waals surface area contributed by atoms with Gasteiger partial charge in [0.2, 0.25) is 5.69 Å². The summed E-state index contributed by atoms with van der Waals surface area (Å²) in [6.45, 7) is 0. The molecule has 0 aliphatic rings. The molecule has 22 heavy (non-hydrogen) atoms. The highest BCUT2D eigenvalue weighted by molar-refractivity contribution is 5.92. The van der Waals surface area contributed by atoms with Gasteiger partial charge in [-0.3, -0.25) is 0 Å². The molecule has 8 heteroatoms. The van der Waals surface area contributed by atoms with Crippen molar-refractivity contribution in [1.82, 2.24) is 15.0 Å². The number of hydrogen-bond donors (Lipinski definition) is 2. The van der Waals surface area contributed by atoms with Gasteiger partial charge < -0.3 is 14.6 Å². The van der Waals surface area contributed by atoms with E-state index in [1.165, 1.54) is 35.2 Å². The second-order valence-corrected chi connectivity index (χ2v) is 4.33. The minimum absolute atomic E-state index is 0.113.